The van der Waals surface area contributed by atoms with Gasteiger partial charge in [0.2, 0.25) is 5.72 Å². The van der Waals surface area contributed by atoms with Crippen LogP contribution < -0.4 is 0 Å². The molecule has 10 atom stereocenters. The maximum atomic E-state index is 10.1. The van der Waals surface area contributed by atoms with Crippen LogP contribution in [0.3, 0.4) is 0 Å². The SMILES string of the molecule is [N-]=[N+]=N[C@]1(CO)O[C@@H](O)[C@H](O)[C@H](O)[C@@H]1O[C@@H]1O[C@H](O)[C@@H](O)[C@H](O)[C@H]1O. The molecule has 0 amide bonds. The highest BCUT2D eigenvalue weighted by Crippen LogP contribution is 2.35. The quantitative estimate of drug-likeness (QED) is 0.133. The number of hydrogen-bond acceptors (Lipinski definition) is 12. The zero-order valence-electron chi connectivity index (χ0n) is 12.5. The van der Waals surface area contributed by atoms with E-state index in [1.165, 1.54) is 0 Å². The van der Waals surface area contributed by atoms with Crippen molar-refractivity contribution in [2.24, 2.45) is 5.11 Å². The molecular weight excluding hydrogens is 350 g/mol. The minimum atomic E-state index is -2.41. The van der Waals surface area contributed by atoms with Crippen molar-refractivity contribution in [1.82, 2.24) is 0 Å². The summed E-state index contributed by atoms with van der Waals surface area (Å²) in [7, 11) is 0. The fourth-order valence-corrected chi connectivity index (χ4v) is 2.55. The average molecular weight is 369 g/mol. The Kier molecular flexibility index (Phi) is 6.16. The monoisotopic (exact) mass is 369 g/mol. The van der Waals surface area contributed by atoms with Crippen LogP contribution >= 0.6 is 0 Å². The summed E-state index contributed by atoms with van der Waals surface area (Å²) in [6, 6.07) is 0. The average Bonchev–Trinajstić information content (AvgIpc) is 2.59. The largest absolute Gasteiger partial charge is 0.393 e. The third-order valence-corrected chi connectivity index (χ3v) is 3.99. The van der Waals surface area contributed by atoms with E-state index in [0.717, 1.165) is 0 Å². The van der Waals surface area contributed by atoms with Gasteiger partial charge in [-0.25, -0.2) is 0 Å². The Morgan fingerprint density at radius 2 is 1.52 bits per heavy atom. The molecule has 2 aliphatic heterocycles. The van der Waals surface area contributed by atoms with Gasteiger partial charge in [-0.15, -0.1) is 0 Å². The smallest absolute Gasteiger partial charge is 0.201 e. The van der Waals surface area contributed by atoms with E-state index in [1.54, 1.807) is 0 Å². The summed E-state index contributed by atoms with van der Waals surface area (Å²) in [6.45, 7) is -1.11. The highest BCUT2D eigenvalue weighted by atomic mass is 16.8. The maximum absolute atomic E-state index is 10.1. The fraction of sp³-hybridized carbons (Fsp3) is 1.00. The molecule has 2 fully saturated rings. The van der Waals surface area contributed by atoms with Crippen LogP contribution in [-0.2, 0) is 14.2 Å². The first-order valence-electron chi connectivity index (χ1n) is 7.11. The van der Waals surface area contributed by atoms with E-state index >= 15 is 0 Å². The second-order valence-electron chi connectivity index (χ2n) is 5.61. The van der Waals surface area contributed by atoms with Gasteiger partial charge in [0.15, 0.2) is 18.9 Å². The molecule has 8 N–H and O–H groups in total. The molecule has 0 aromatic heterocycles. The second kappa shape index (κ2) is 7.63. The minimum absolute atomic E-state index is 1.11. The Morgan fingerprint density at radius 3 is 2.08 bits per heavy atom. The fourth-order valence-electron chi connectivity index (χ4n) is 2.55. The Bertz CT molecular complexity index is 520. The van der Waals surface area contributed by atoms with Crippen molar-refractivity contribution < 1.29 is 55.1 Å². The molecule has 14 heteroatoms. The molecule has 0 aromatic carbocycles. The van der Waals surface area contributed by atoms with Crippen molar-refractivity contribution in [1.29, 1.82) is 0 Å². The van der Waals surface area contributed by atoms with Crippen molar-refractivity contribution in [3.8, 4) is 0 Å². The van der Waals surface area contributed by atoms with Gasteiger partial charge in [0, 0.05) is 4.91 Å². The first-order chi connectivity index (χ1) is 11.7. The number of aliphatic hydroxyl groups excluding tert-OH is 8. The molecule has 25 heavy (non-hydrogen) atoms. The van der Waals surface area contributed by atoms with Crippen LogP contribution in [0.4, 0.5) is 0 Å². The van der Waals surface area contributed by atoms with Crippen molar-refractivity contribution >= 4 is 0 Å². The summed E-state index contributed by atoms with van der Waals surface area (Å²) in [6.07, 6.45) is -17.4. The third kappa shape index (κ3) is 3.56. The molecule has 0 aromatic rings. The van der Waals surface area contributed by atoms with Crippen molar-refractivity contribution in [2.75, 3.05) is 6.61 Å². The lowest BCUT2D eigenvalue weighted by molar-refractivity contribution is -0.391. The van der Waals surface area contributed by atoms with E-state index < -0.39 is 67.8 Å². The van der Waals surface area contributed by atoms with Gasteiger partial charge in [0.25, 0.3) is 0 Å². The number of rotatable bonds is 4. The Hall–Kier alpha value is -1.13. The van der Waals surface area contributed by atoms with Crippen molar-refractivity contribution in [2.45, 2.75) is 61.2 Å². The molecule has 2 saturated heterocycles. The molecule has 0 saturated carbocycles. The topological polar surface area (TPSA) is 238 Å². The van der Waals surface area contributed by atoms with Crippen LogP contribution in [-0.4, -0.2) is 109 Å². The van der Waals surface area contributed by atoms with Crippen molar-refractivity contribution in [3.05, 3.63) is 10.4 Å². The summed E-state index contributed by atoms with van der Waals surface area (Å²) in [5, 5.41) is 80.3. The predicted molar refractivity (Wildman–Crippen MR) is 71.8 cm³/mol. The van der Waals surface area contributed by atoms with E-state index in [1.807, 2.05) is 0 Å². The lowest BCUT2D eigenvalue weighted by Gasteiger charge is -2.48. The molecule has 0 bridgehead atoms. The number of aliphatic hydroxyl groups is 8. The van der Waals surface area contributed by atoms with Gasteiger partial charge in [-0.05, 0) is 5.53 Å². The second-order valence-corrected chi connectivity index (χ2v) is 5.61. The van der Waals surface area contributed by atoms with Crippen LogP contribution in [0.1, 0.15) is 0 Å². The number of ether oxygens (including phenoxy) is 3. The van der Waals surface area contributed by atoms with E-state index in [2.05, 4.69) is 10.0 Å². The van der Waals surface area contributed by atoms with Gasteiger partial charge in [-0.1, -0.05) is 5.11 Å². The van der Waals surface area contributed by atoms with Gasteiger partial charge in [0.1, 0.15) is 36.6 Å². The molecular formula is C11H19N3O11. The third-order valence-electron chi connectivity index (χ3n) is 3.99. The van der Waals surface area contributed by atoms with Gasteiger partial charge in [0.05, 0.1) is 6.61 Å². The van der Waals surface area contributed by atoms with Crippen molar-refractivity contribution in [3.63, 3.8) is 0 Å². The van der Waals surface area contributed by atoms with Crippen LogP contribution in [0.2, 0.25) is 0 Å². The predicted octanol–water partition coefficient (Wildman–Crippen LogP) is -4.80. The zero-order chi connectivity index (χ0) is 18.9. The molecule has 0 radical (unpaired) electrons. The van der Waals surface area contributed by atoms with Crippen LogP contribution in [0.15, 0.2) is 5.11 Å². The van der Waals surface area contributed by atoms with Gasteiger partial charge >= 0.3 is 0 Å². The molecule has 144 valence electrons. The van der Waals surface area contributed by atoms with E-state index in [9.17, 15) is 40.9 Å². The summed E-state index contributed by atoms with van der Waals surface area (Å²) in [5.74, 6) is 0. The molecule has 0 aliphatic carbocycles. The molecule has 0 spiro atoms. The lowest BCUT2D eigenvalue weighted by Crippen LogP contribution is -2.68. The molecule has 2 aliphatic rings. The van der Waals surface area contributed by atoms with Crippen LogP contribution in [0, 0.1) is 0 Å². The first-order valence-corrected chi connectivity index (χ1v) is 7.11. The Morgan fingerprint density at radius 1 is 0.920 bits per heavy atom. The minimum Gasteiger partial charge on any atom is -0.393 e. The summed E-state index contributed by atoms with van der Waals surface area (Å²) >= 11 is 0. The highest BCUT2D eigenvalue weighted by Gasteiger charge is 2.57. The van der Waals surface area contributed by atoms with Gasteiger partial charge < -0.3 is 55.1 Å². The number of azide groups is 1. The standard InChI is InChI=1S/C11H19N3O11/c12-14-13-11(1-15)7(3(17)5(19)9(22)25-11)23-10-6(20)2(16)4(18)8(21)24-10/h2-10,15-22H,1H2/t2-,3-,4-,5+,6+,7-,8-,9+,10+,11+/m0/s1. The summed E-state index contributed by atoms with van der Waals surface area (Å²) in [5.41, 5.74) is 6.23. The zero-order valence-corrected chi connectivity index (χ0v) is 12.5. The molecule has 2 rings (SSSR count). The van der Waals surface area contributed by atoms with Gasteiger partial charge in [-0.3, -0.25) is 0 Å². The highest BCUT2D eigenvalue weighted by molar-refractivity contribution is 5.00. The Labute approximate surface area is 139 Å². The molecule has 14 nitrogen and oxygen atoms in total. The molecule has 0 unspecified atom stereocenters. The van der Waals surface area contributed by atoms with Crippen LogP contribution in [0.5, 0.6) is 0 Å². The first kappa shape index (κ1) is 20.2. The summed E-state index contributed by atoms with van der Waals surface area (Å²) < 4.78 is 14.8. The maximum Gasteiger partial charge on any atom is 0.201 e. The summed E-state index contributed by atoms with van der Waals surface area (Å²) in [4.78, 5) is 2.41. The Balaban J connectivity index is 2.31. The van der Waals surface area contributed by atoms with E-state index in [0.29, 0.717) is 0 Å². The van der Waals surface area contributed by atoms with E-state index in [-0.39, 0.29) is 0 Å². The van der Waals surface area contributed by atoms with Crippen LogP contribution in [0.25, 0.3) is 10.4 Å². The lowest BCUT2D eigenvalue weighted by atomic mass is 9.94. The number of hydrogen-bond donors (Lipinski definition) is 8. The normalized spacial score (nSPS) is 51.0. The van der Waals surface area contributed by atoms with E-state index in [4.69, 9.17) is 19.7 Å². The number of nitrogens with zero attached hydrogens (tertiary/aromatic N) is 3. The van der Waals surface area contributed by atoms with Gasteiger partial charge in [-0.2, -0.15) is 0 Å². The molecule has 2 heterocycles.